The number of urea groups is 1. The molecule has 4 heteroatoms. The lowest BCUT2D eigenvalue weighted by Crippen LogP contribution is -2.37. The molecular formula is C20H24N2O2. The number of benzene rings is 2. The number of nitrogens with one attached hydrogen (secondary N) is 2. The van der Waals surface area contributed by atoms with E-state index in [0.717, 1.165) is 18.6 Å². The highest BCUT2D eigenvalue weighted by molar-refractivity contribution is 5.91. The lowest BCUT2D eigenvalue weighted by molar-refractivity contribution is 0.247. The molecule has 1 aliphatic carbocycles. The minimum Gasteiger partial charge on any atom is -0.455 e. The van der Waals surface area contributed by atoms with Crippen molar-refractivity contribution in [1.82, 2.24) is 5.32 Å². The van der Waals surface area contributed by atoms with Crippen molar-refractivity contribution in [2.45, 2.75) is 44.6 Å². The van der Waals surface area contributed by atoms with Gasteiger partial charge in [0, 0.05) is 6.04 Å². The largest absolute Gasteiger partial charge is 0.455 e. The highest BCUT2D eigenvalue weighted by atomic mass is 16.5. The Labute approximate surface area is 143 Å². The lowest BCUT2D eigenvalue weighted by atomic mass is 10.1. The van der Waals surface area contributed by atoms with Crippen LogP contribution in [0.3, 0.4) is 0 Å². The molecule has 4 nitrogen and oxygen atoms in total. The molecule has 0 bridgehead atoms. The van der Waals surface area contributed by atoms with E-state index in [0.29, 0.717) is 11.4 Å². The molecule has 0 saturated heterocycles. The van der Waals surface area contributed by atoms with Gasteiger partial charge in [-0.25, -0.2) is 4.79 Å². The van der Waals surface area contributed by atoms with Crippen LogP contribution in [-0.4, -0.2) is 12.1 Å². The van der Waals surface area contributed by atoms with Gasteiger partial charge in [0.2, 0.25) is 0 Å². The maximum absolute atomic E-state index is 12.3. The van der Waals surface area contributed by atoms with Gasteiger partial charge in [-0.3, -0.25) is 0 Å². The first-order chi connectivity index (χ1) is 11.8. The highest BCUT2D eigenvalue weighted by Crippen LogP contribution is 2.29. The molecule has 0 radical (unpaired) electrons. The summed E-state index contributed by atoms with van der Waals surface area (Å²) in [5, 5.41) is 6.02. The zero-order valence-corrected chi connectivity index (χ0v) is 13.8. The summed E-state index contributed by atoms with van der Waals surface area (Å²) in [7, 11) is 0. The van der Waals surface area contributed by atoms with Crippen LogP contribution < -0.4 is 15.4 Å². The van der Waals surface area contributed by atoms with Gasteiger partial charge in [0.05, 0.1) is 5.69 Å². The third-order valence-electron chi connectivity index (χ3n) is 4.30. The Hall–Kier alpha value is -2.49. The minimum atomic E-state index is -0.161. The summed E-state index contributed by atoms with van der Waals surface area (Å²) in [5.74, 6) is 1.38. The molecule has 1 saturated carbocycles. The Bertz CT molecular complexity index is 650. The van der Waals surface area contributed by atoms with E-state index in [9.17, 15) is 4.79 Å². The molecule has 1 aliphatic rings. The Balaban J connectivity index is 1.63. The molecule has 2 aromatic rings. The lowest BCUT2D eigenvalue weighted by Gasteiger charge is -2.18. The van der Waals surface area contributed by atoms with Gasteiger partial charge in [0.1, 0.15) is 5.75 Å². The van der Waals surface area contributed by atoms with Gasteiger partial charge in [-0.05, 0) is 37.1 Å². The smallest absolute Gasteiger partial charge is 0.319 e. The maximum Gasteiger partial charge on any atom is 0.319 e. The van der Waals surface area contributed by atoms with Gasteiger partial charge >= 0.3 is 6.03 Å². The van der Waals surface area contributed by atoms with Gasteiger partial charge in [-0.1, -0.05) is 56.0 Å². The normalized spacial score (nSPS) is 15.3. The molecule has 0 aromatic heterocycles. The van der Waals surface area contributed by atoms with Gasteiger partial charge in [-0.15, -0.1) is 0 Å². The average molecular weight is 324 g/mol. The molecule has 3 rings (SSSR count). The second kappa shape index (κ2) is 8.39. The zero-order valence-electron chi connectivity index (χ0n) is 13.8. The van der Waals surface area contributed by atoms with E-state index in [1.54, 1.807) is 0 Å². The summed E-state index contributed by atoms with van der Waals surface area (Å²) in [6, 6.07) is 17.2. The van der Waals surface area contributed by atoms with Crippen molar-refractivity contribution in [3.05, 3.63) is 54.6 Å². The topological polar surface area (TPSA) is 50.4 Å². The van der Waals surface area contributed by atoms with Crippen LogP contribution in [0.5, 0.6) is 11.5 Å². The molecule has 2 N–H and O–H groups in total. The average Bonchev–Trinajstić information content (AvgIpc) is 2.86. The summed E-state index contributed by atoms with van der Waals surface area (Å²) < 4.78 is 5.88. The first-order valence-electron chi connectivity index (χ1n) is 8.71. The Morgan fingerprint density at radius 1 is 0.875 bits per heavy atom. The van der Waals surface area contributed by atoms with E-state index in [1.165, 1.54) is 25.7 Å². The second-order valence-corrected chi connectivity index (χ2v) is 6.20. The number of ether oxygens (including phenoxy) is 1. The second-order valence-electron chi connectivity index (χ2n) is 6.20. The predicted octanol–water partition coefficient (Wildman–Crippen LogP) is 5.32. The number of carbonyl (C=O) groups is 1. The van der Waals surface area contributed by atoms with Crippen LogP contribution in [0.25, 0.3) is 0 Å². The monoisotopic (exact) mass is 324 g/mol. The number of rotatable bonds is 4. The quantitative estimate of drug-likeness (QED) is 0.747. The molecule has 24 heavy (non-hydrogen) atoms. The predicted molar refractivity (Wildman–Crippen MR) is 96.6 cm³/mol. The first kappa shape index (κ1) is 16.4. The van der Waals surface area contributed by atoms with Gasteiger partial charge < -0.3 is 15.4 Å². The summed E-state index contributed by atoms with van der Waals surface area (Å²) in [6.07, 6.45) is 7.06. The van der Waals surface area contributed by atoms with E-state index in [1.807, 2.05) is 54.6 Å². The third kappa shape index (κ3) is 4.75. The third-order valence-corrected chi connectivity index (χ3v) is 4.30. The van der Waals surface area contributed by atoms with Gasteiger partial charge in [0.15, 0.2) is 5.75 Å². The van der Waals surface area contributed by atoms with Crippen LogP contribution >= 0.6 is 0 Å². The molecule has 0 aliphatic heterocycles. The Morgan fingerprint density at radius 2 is 1.54 bits per heavy atom. The first-order valence-corrected chi connectivity index (χ1v) is 8.71. The molecule has 0 unspecified atom stereocenters. The van der Waals surface area contributed by atoms with Crippen molar-refractivity contribution >= 4 is 11.7 Å². The van der Waals surface area contributed by atoms with Crippen molar-refractivity contribution in [2.75, 3.05) is 5.32 Å². The van der Waals surface area contributed by atoms with Crippen LogP contribution in [0.4, 0.5) is 10.5 Å². The molecule has 2 amide bonds. The van der Waals surface area contributed by atoms with Crippen LogP contribution in [0.15, 0.2) is 54.6 Å². The number of para-hydroxylation sites is 3. The number of anilines is 1. The van der Waals surface area contributed by atoms with Crippen LogP contribution in [0, 0.1) is 0 Å². The number of hydrogen-bond donors (Lipinski definition) is 2. The van der Waals surface area contributed by atoms with Crippen molar-refractivity contribution in [3.63, 3.8) is 0 Å². The molecule has 0 spiro atoms. The Kier molecular flexibility index (Phi) is 5.72. The van der Waals surface area contributed by atoms with Gasteiger partial charge in [-0.2, -0.15) is 0 Å². The van der Waals surface area contributed by atoms with E-state index < -0.39 is 0 Å². The molecular weight excluding hydrogens is 300 g/mol. The zero-order chi connectivity index (χ0) is 16.6. The van der Waals surface area contributed by atoms with Gasteiger partial charge in [0.25, 0.3) is 0 Å². The van der Waals surface area contributed by atoms with Crippen molar-refractivity contribution in [3.8, 4) is 11.5 Å². The molecule has 0 atom stereocenters. The molecule has 0 heterocycles. The molecule has 126 valence electrons. The SMILES string of the molecule is O=C(Nc1ccccc1Oc1ccccc1)NC1CCCCCC1. The number of carbonyl (C=O) groups excluding carboxylic acids is 1. The number of amides is 2. The van der Waals surface area contributed by atoms with E-state index in [4.69, 9.17) is 4.74 Å². The fourth-order valence-corrected chi connectivity index (χ4v) is 3.04. The standard InChI is InChI=1S/C20H24N2O2/c23-20(21-16-10-4-1-2-5-11-16)22-18-14-8-9-15-19(18)24-17-12-6-3-7-13-17/h3,6-9,12-16H,1-2,4-5,10-11H2,(H2,21,22,23). The fraction of sp³-hybridized carbons (Fsp3) is 0.350. The summed E-state index contributed by atoms with van der Waals surface area (Å²) >= 11 is 0. The summed E-state index contributed by atoms with van der Waals surface area (Å²) in [5.41, 5.74) is 0.674. The maximum atomic E-state index is 12.3. The van der Waals surface area contributed by atoms with Crippen LogP contribution in [-0.2, 0) is 0 Å². The van der Waals surface area contributed by atoms with Crippen molar-refractivity contribution < 1.29 is 9.53 Å². The Morgan fingerprint density at radius 3 is 2.29 bits per heavy atom. The number of hydrogen-bond acceptors (Lipinski definition) is 2. The van der Waals surface area contributed by atoms with Crippen molar-refractivity contribution in [2.24, 2.45) is 0 Å². The molecule has 1 fully saturated rings. The fourth-order valence-electron chi connectivity index (χ4n) is 3.04. The van der Waals surface area contributed by atoms with Crippen molar-refractivity contribution in [1.29, 1.82) is 0 Å². The van der Waals surface area contributed by atoms with Crippen LogP contribution in [0.1, 0.15) is 38.5 Å². The van der Waals surface area contributed by atoms with E-state index >= 15 is 0 Å². The van der Waals surface area contributed by atoms with E-state index in [-0.39, 0.29) is 12.1 Å². The summed E-state index contributed by atoms with van der Waals surface area (Å²) in [4.78, 5) is 12.3. The minimum absolute atomic E-state index is 0.161. The highest BCUT2D eigenvalue weighted by Gasteiger charge is 2.15. The van der Waals surface area contributed by atoms with E-state index in [2.05, 4.69) is 10.6 Å². The summed E-state index contributed by atoms with van der Waals surface area (Å²) in [6.45, 7) is 0. The van der Waals surface area contributed by atoms with Crippen LogP contribution in [0.2, 0.25) is 0 Å². The molecule has 2 aromatic carbocycles.